The minimum Gasteiger partial charge on any atom is -0.449 e. The van der Waals surface area contributed by atoms with Crippen LogP contribution in [0, 0.1) is 0 Å². The lowest BCUT2D eigenvalue weighted by molar-refractivity contribution is 0.108. The molecular weight excluding hydrogens is 214 g/mol. The zero-order chi connectivity index (χ0) is 11.4. The molecule has 0 aliphatic rings. The van der Waals surface area contributed by atoms with Crippen molar-refractivity contribution in [3.8, 4) is 11.6 Å². The average molecular weight is 217 g/mol. The molecule has 0 saturated carbocycles. The Morgan fingerprint density at radius 3 is 2.33 bits per heavy atom. The van der Waals surface area contributed by atoms with E-state index in [1.807, 2.05) is 0 Å². The van der Waals surface area contributed by atoms with E-state index in [1.54, 1.807) is 0 Å². The molecule has 1 aromatic rings. The lowest BCUT2D eigenvalue weighted by atomic mass is 10.4. The molecule has 9 heteroatoms. The Morgan fingerprint density at radius 1 is 1.27 bits per heavy atom. The quantitative estimate of drug-likeness (QED) is 0.550. The molecule has 0 aliphatic heterocycles. The van der Waals surface area contributed by atoms with Gasteiger partial charge in [-0.3, -0.25) is 4.79 Å². The first-order valence-electron chi connectivity index (χ1n) is 3.31. The van der Waals surface area contributed by atoms with Crippen molar-refractivity contribution in [1.82, 2.24) is 5.16 Å². The third-order valence-electron chi connectivity index (χ3n) is 1.13. The van der Waals surface area contributed by atoms with Crippen LogP contribution in [0.1, 0.15) is 10.6 Å². The molecule has 1 rings (SSSR count). The SMILES string of the molecule is O=Cc1onc(OC(=O)O)c1OC(=O)O. The maximum absolute atomic E-state index is 10.3. The van der Waals surface area contributed by atoms with Crippen molar-refractivity contribution in [3.63, 3.8) is 0 Å². The summed E-state index contributed by atoms with van der Waals surface area (Å²) in [4.78, 5) is 30.6. The Balaban J connectivity index is 3.04. The second kappa shape index (κ2) is 4.09. The van der Waals surface area contributed by atoms with E-state index in [9.17, 15) is 14.4 Å². The van der Waals surface area contributed by atoms with Gasteiger partial charge in [-0.2, -0.15) is 0 Å². The van der Waals surface area contributed by atoms with Crippen LogP contribution < -0.4 is 9.47 Å². The van der Waals surface area contributed by atoms with E-state index in [1.165, 1.54) is 0 Å². The Hall–Kier alpha value is -2.58. The number of carbonyl (C=O) groups is 3. The van der Waals surface area contributed by atoms with Crippen LogP contribution in [0.4, 0.5) is 9.59 Å². The van der Waals surface area contributed by atoms with E-state index in [0.29, 0.717) is 0 Å². The van der Waals surface area contributed by atoms with Crippen molar-refractivity contribution in [2.45, 2.75) is 0 Å². The van der Waals surface area contributed by atoms with E-state index in [0.717, 1.165) is 0 Å². The summed E-state index contributed by atoms with van der Waals surface area (Å²) in [5.41, 5.74) is 0. The number of hydrogen-bond acceptors (Lipinski definition) is 7. The number of carbonyl (C=O) groups excluding carboxylic acids is 1. The predicted octanol–water partition coefficient (Wildman–Crippen LogP) is 0.601. The van der Waals surface area contributed by atoms with E-state index in [-0.39, 0.29) is 6.29 Å². The van der Waals surface area contributed by atoms with Gasteiger partial charge in [0.25, 0.3) is 0 Å². The molecule has 2 N–H and O–H groups in total. The second-order valence-electron chi connectivity index (χ2n) is 2.03. The average Bonchev–Trinajstić information content (AvgIpc) is 2.47. The number of rotatable bonds is 3. The zero-order valence-corrected chi connectivity index (χ0v) is 6.87. The normalized spacial score (nSPS) is 9.33. The number of aldehydes is 1. The first-order chi connectivity index (χ1) is 7.04. The highest BCUT2D eigenvalue weighted by Crippen LogP contribution is 2.29. The van der Waals surface area contributed by atoms with Gasteiger partial charge in [0.15, 0.2) is 6.29 Å². The summed E-state index contributed by atoms with van der Waals surface area (Å²) in [6.45, 7) is 0. The first kappa shape index (κ1) is 10.5. The molecule has 0 saturated heterocycles. The minimum atomic E-state index is -1.77. The molecule has 0 amide bonds. The largest absolute Gasteiger partial charge is 0.512 e. The van der Waals surface area contributed by atoms with Gasteiger partial charge in [0.05, 0.1) is 0 Å². The Labute approximate surface area is 80.8 Å². The third kappa shape index (κ3) is 2.43. The molecule has 0 aliphatic carbocycles. The maximum Gasteiger partial charge on any atom is 0.512 e. The molecule has 0 bridgehead atoms. The molecule has 9 nitrogen and oxygen atoms in total. The summed E-state index contributed by atoms with van der Waals surface area (Å²) < 4.78 is 12.3. The van der Waals surface area contributed by atoms with Crippen LogP contribution in [0.15, 0.2) is 4.52 Å². The lowest BCUT2D eigenvalue weighted by Gasteiger charge is -1.97. The van der Waals surface area contributed by atoms with Crippen molar-refractivity contribution in [1.29, 1.82) is 0 Å². The van der Waals surface area contributed by atoms with E-state index in [4.69, 9.17) is 10.2 Å². The van der Waals surface area contributed by atoms with Crippen LogP contribution in [0.5, 0.6) is 11.6 Å². The van der Waals surface area contributed by atoms with Gasteiger partial charge in [0.2, 0.25) is 11.5 Å². The third-order valence-corrected chi connectivity index (χ3v) is 1.13. The van der Waals surface area contributed by atoms with Crippen LogP contribution in [0.3, 0.4) is 0 Å². The monoisotopic (exact) mass is 217 g/mol. The van der Waals surface area contributed by atoms with Gasteiger partial charge < -0.3 is 24.2 Å². The van der Waals surface area contributed by atoms with Crippen molar-refractivity contribution >= 4 is 18.6 Å². The standard InChI is InChI=1S/C6H3NO8/c8-1-2-3(13-5(9)10)4(7-15-2)14-6(11)12/h1H,(H,9,10)(H,11,12). The molecule has 1 aromatic heterocycles. The fourth-order valence-corrected chi connectivity index (χ4v) is 0.683. The van der Waals surface area contributed by atoms with E-state index < -0.39 is 29.7 Å². The summed E-state index contributed by atoms with van der Waals surface area (Å²) >= 11 is 0. The van der Waals surface area contributed by atoms with Crippen molar-refractivity contribution in [3.05, 3.63) is 5.76 Å². The summed E-state index contributed by atoms with van der Waals surface area (Å²) in [5.74, 6) is -2.06. The van der Waals surface area contributed by atoms with Gasteiger partial charge in [-0.05, 0) is 5.16 Å². The van der Waals surface area contributed by atoms with Gasteiger partial charge >= 0.3 is 18.2 Å². The topological polar surface area (TPSA) is 136 Å². The Bertz CT molecular complexity index is 407. The lowest BCUT2D eigenvalue weighted by Crippen LogP contribution is -2.08. The van der Waals surface area contributed by atoms with Crippen molar-refractivity contribution in [2.75, 3.05) is 0 Å². The molecule has 0 spiro atoms. The highest BCUT2D eigenvalue weighted by Gasteiger charge is 2.23. The van der Waals surface area contributed by atoms with Crippen LogP contribution in [0.2, 0.25) is 0 Å². The summed E-state index contributed by atoms with van der Waals surface area (Å²) in [6, 6.07) is 0. The van der Waals surface area contributed by atoms with Crippen LogP contribution in [-0.2, 0) is 0 Å². The highest BCUT2D eigenvalue weighted by atomic mass is 16.7. The van der Waals surface area contributed by atoms with Crippen LogP contribution in [0.25, 0.3) is 0 Å². The molecule has 15 heavy (non-hydrogen) atoms. The van der Waals surface area contributed by atoms with E-state index in [2.05, 4.69) is 19.2 Å². The molecule has 0 radical (unpaired) electrons. The van der Waals surface area contributed by atoms with Gasteiger partial charge in [0.1, 0.15) is 0 Å². The van der Waals surface area contributed by atoms with Crippen molar-refractivity contribution < 1.29 is 38.6 Å². The number of ether oxygens (including phenoxy) is 2. The number of aromatic nitrogens is 1. The van der Waals surface area contributed by atoms with Crippen LogP contribution >= 0.6 is 0 Å². The van der Waals surface area contributed by atoms with Crippen LogP contribution in [-0.4, -0.2) is 34.0 Å². The smallest absolute Gasteiger partial charge is 0.449 e. The first-order valence-corrected chi connectivity index (χ1v) is 3.31. The van der Waals surface area contributed by atoms with Gasteiger partial charge in [0, 0.05) is 0 Å². The molecule has 0 unspecified atom stereocenters. The summed E-state index contributed by atoms with van der Waals surface area (Å²) in [5, 5.41) is 19.4. The number of nitrogens with zero attached hydrogens (tertiary/aromatic N) is 1. The number of hydrogen-bond donors (Lipinski definition) is 2. The molecular formula is C6H3NO8. The molecule has 0 aromatic carbocycles. The second-order valence-corrected chi connectivity index (χ2v) is 2.03. The molecule has 1 heterocycles. The maximum atomic E-state index is 10.3. The predicted molar refractivity (Wildman–Crippen MR) is 39.2 cm³/mol. The molecule has 0 atom stereocenters. The number of carboxylic acid groups (broad SMARTS) is 2. The Kier molecular flexibility index (Phi) is 2.86. The van der Waals surface area contributed by atoms with Gasteiger partial charge in [-0.1, -0.05) is 0 Å². The highest BCUT2D eigenvalue weighted by molar-refractivity contribution is 5.79. The fraction of sp³-hybridized carbons (Fsp3) is 0. The summed E-state index contributed by atoms with van der Waals surface area (Å²) in [6.07, 6.45) is -3.42. The van der Waals surface area contributed by atoms with Gasteiger partial charge in [-0.25, -0.2) is 9.59 Å². The zero-order valence-electron chi connectivity index (χ0n) is 6.87. The van der Waals surface area contributed by atoms with E-state index >= 15 is 0 Å². The summed E-state index contributed by atoms with van der Waals surface area (Å²) in [7, 11) is 0. The van der Waals surface area contributed by atoms with Crippen molar-refractivity contribution in [2.24, 2.45) is 0 Å². The fourth-order valence-electron chi connectivity index (χ4n) is 0.683. The van der Waals surface area contributed by atoms with Gasteiger partial charge in [-0.15, -0.1) is 0 Å². The Morgan fingerprint density at radius 2 is 1.87 bits per heavy atom. The molecule has 0 fully saturated rings. The minimum absolute atomic E-state index is 0.0972. The molecule has 80 valence electrons.